The molecule has 2 nitrogen and oxygen atoms in total. The Labute approximate surface area is 78.8 Å². The molecule has 1 atom stereocenters. The third-order valence-corrected chi connectivity index (χ3v) is 1.67. The van der Waals surface area contributed by atoms with Crippen LogP contribution in [-0.4, -0.2) is 11.7 Å². The van der Waals surface area contributed by atoms with Crippen molar-refractivity contribution in [3.8, 4) is 0 Å². The molecular formula is C9H14ClNO. The maximum atomic E-state index is 8.62. The van der Waals surface area contributed by atoms with E-state index in [0.717, 1.165) is 5.56 Å². The lowest BCUT2D eigenvalue weighted by molar-refractivity contribution is 0.276. The molecule has 0 aliphatic rings. The Hall–Kier alpha value is -0.570. The van der Waals surface area contributed by atoms with Gasteiger partial charge in [0.2, 0.25) is 0 Å². The Morgan fingerprint density at radius 2 is 1.83 bits per heavy atom. The van der Waals surface area contributed by atoms with Gasteiger partial charge < -0.3 is 10.8 Å². The molecule has 1 rings (SSSR count). The lowest BCUT2D eigenvalue weighted by Crippen LogP contribution is -2.11. The maximum Gasteiger partial charge on any atom is 0.0449 e. The van der Waals surface area contributed by atoms with Crippen molar-refractivity contribution in [2.24, 2.45) is 5.73 Å². The first kappa shape index (κ1) is 11.4. The van der Waals surface area contributed by atoms with E-state index < -0.39 is 0 Å². The predicted octanol–water partition coefficient (Wildman–Crippen LogP) is 1.49. The highest BCUT2D eigenvalue weighted by molar-refractivity contribution is 5.85. The van der Waals surface area contributed by atoms with Gasteiger partial charge in [0.05, 0.1) is 0 Å². The summed E-state index contributed by atoms with van der Waals surface area (Å²) in [5.74, 6) is 0. The predicted molar refractivity (Wildman–Crippen MR) is 52.3 cm³/mol. The van der Waals surface area contributed by atoms with E-state index in [-0.39, 0.29) is 25.1 Å². The molecule has 0 aliphatic carbocycles. The van der Waals surface area contributed by atoms with Crippen LogP contribution in [0.3, 0.4) is 0 Å². The summed E-state index contributed by atoms with van der Waals surface area (Å²) in [5, 5.41) is 8.62. The van der Waals surface area contributed by atoms with Crippen molar-refractivity contribution in [1.29, 1.82) is 0 Å². The van der Waals surface area contributed by atoms with E-state index in [1.807, 2.05) is 30.3 Å². The van der Waals surface area contributed by atoms with Crippen molar-refractivity contribution in [1.82, 2.24) is 0 Å². The van der Waals surface area contributed by atoms with Gasteiger partial charge in [-0.2, -0.15) is 0 Å². The summed E-state index contributed by atoms with van der Waals surface area (Å²) in [5.41, 5.74) is 6.83. The smallest absolute Gasteiger partial charge is 0.0449 e. The van der Waals surface area contributed by atoms with E-state index in [1.165, 1.54) is 0 Å². The third kappa shape index (κ3) is 3.22. The van der Waals surface area contributed by atoms with E-state index in [1.54, 1.807) is 0 Å². The van der Waals surface area contributed by atoms with Gasteiger partial charge in [0.15, 0.2) is 0 Å². The number of aliphatic hydroxyl groups is 1. The number of halogens is 1. The van der Waals surface area contributed by atoms with Crippen LogP contribution in [0.15, 0.2) is 30.3 Å². The number of rotatable bonds is 3. The zero-order chi connectivity index (χ0) is 8.10. The molecule has 0 spiro atoms. The van der Waals surface area contributed by atoms with Crippen LogP contribution in [0.5, 0.6) is 0 Å². The molecule has 3 heteroatoms. The van der Waals surface area contributed by atoms with Crippen LogP contribution in [0.4, 0.5) is 0 Å². The SMILES string of the molecule is Cl.NC(CCO)c1ccccc1. The molecule has 0 saturated carbocycles. The Bertz CT molecular complexity index is 203. The van der Waals surface area contributed by atoms with Gasteiger partial charge in [-0.1, -0.05) is 30.3 Å². The fraction of sp³-hybridized carbons (Fsp3) is 0.333. The molecule has 0 amide bonds. The topological polar surface area (TPSA) is 46.2 Å². The van der Waals surface area contributed by atoms with Gasteiger partial charge in [0, 0.05) is 12.6 Å². The lowest BCUT2D eigenvalue weighted by Gasteiger charge is -2.08. The van der Waals surface area contributed by atoms with E-state index >= 15 is 0 Å². The first-order valence-electron chi connectivity index (χ1n) is 3.76. The molecule has 0 aliphatic heterocycles. The van der Waals surface area contributed by atoms with Crippen LogP contribution in [0.1, 0.15) is 18.0 Å². The fourth-order valence-electron chi connectivity index (χ4n) is 1.01. The second kappa shape index (κ2) is 6.00. The Kier molecular flexibility index (Phi) is 5.72. The molecule has 12 heavy (non-hydrogen) atoms. The largest absolute Gasteiger partial charge is 0.396 e. The van der Waals surface area contributed by atoms with Crippen molar-refractivity contribution in [3.63, 3.8) is 0 Å². The Balaban J connectivity index is 0.00000121. The summed E-state index contributed by atoms with van der Waals surface area (Å²) in [6, 6.07) is 9.77. The third-order valence-electron chi connectivity index (χ3n) is 1.67. The van der Waals surface area contributed by atoms with E-state index in [2.05, 4.69) is 0 Å². The van der Waals surface area contributed by atoms with Crippen molar-refractivity contribution in [3.05, 3.63) is 35.9 Å². The summed E-state index contributed by atoms with van der Waals surface area (Å²) in [7, 11) is 0. The number of hydrogen-bond donors (Lipinski definition) is 2. The summed E-state index contributed by atoms with van der Waals surface area (Å²) in [6.45, 7) is 0.149. The summed E-state index contributed by atoms with van der Waals surface area (Å²) in [6.07, 6.45) is 0.629. The first-order chi connectivity index (χ1) is 5.34. The van der Waals surface area contributed by atoms with Crippen molar-refractivity contribution < 1.29 is 5.11 Å². The number of hydrogen-bond acceptors (Lipinski definition) is 2. The average Bonchev–Trinajstić information content (AvgIpc) is 2.07. The second-order valence-corrected chi connectivity index (χ2v) is 2.53. The van der Waals surface area contributed by atoms with Crippen molar-refractivity contribution in [2.45, 2.75) is 12.5 Å². The maximum absolute atomic E-state index is 8.62. The Morgan fingerprint density at radius 1 is 1.25 bits per heavy atom. The van der Waals surface area contributed by atoms with Gasteiger partial charge in [-0.05, 0) is 12.0 Å². The monoisotopic (exact) mass is 187 g/mol. The fourth-order valence-corrected chi connectivity index (χ4v) is 1.01. The quantitative estimate of drug-likeness (QED) is 0.753. The molecule has 0 bridgehead atoms. The van der Waals surface area contributed by atoms with Crippen LogP contribution < -0.4 is 5.73 Å². The zero-order valence-electron chi connectivity index (χ0n) is 6.81. The van der Waals surface area contributed by atoms with Gasteiger partial charge in [0.1, 0.15) is 0 Å². The van der Waals surface area contributed by atoms with Gasteiger partial charge in [0.25, 0.3) is 0 Å². The molecule has 0 saturated heterocycles. The molecule has 3 N–H and O–H groups in total. The highest BCUT2D eigenvalue weighted by Crippen LogP contribution is 2.11. The highest BCUT2D eigenvalue weighted by atomic mass is 35.5. The number of aliphatic hydroxyl groups excluding tert-OH is 1. The van der Waals surface area contributed by atoms with E-state index in [4.69, 9.17) is 10.8 Å². The molecule has 0 fully saturated rings. The van der Waals surface area contributed by atoms with E-state index in [0.29, 0.717) is 6.42 Å². The molecule has 1 aromatic rings. The molecule has 1 aromatic carbocycles. The zero-order valence-corrected chi connectivity index (χ0v) is 7.63. The van der Waals surface area contributed by atoms with Crippen LogP contribution >= 0.6 is 12.4 Å². The summed E-state index contributed by atoms with van der Waals surface area (Å²) in [4.78, 5) is 0. The van der Waals surface area contributed by atoms with E-state index in [9.17, 15) is 0 Å². The average molecular weight is 188 g/mol. The van der Waals surface area contributed by atoms with Crippen LogP contribution in [0, 0.1) is 0 Å². The summed E-state index contributed by atoms with van der Waals surface area (Å²) >= 11 is 0. The minimum absolute atomic E-state index is 0. The van der Waals surface area contributed by atoms with Gasteiger partial charge in [-0.15, -0.1) is 12.4 Å². The van der Waals surface area contributed by atoms with Crippen LogP contribution in [0.25, 0.3) is 0 Å². The first-order valence-corrected chi connectivity index (χ1v) is 3.76. The molecule has 0 radical (unpaired) electrons. The van der Waals surface area contributed by atoms with Gasteiger partial charge in [-0.25, -0.2) is 0 Å². The minimum atomic E-state index is -0.0267. The molecule has 0 aromatic heterocycles. The number of benzene rings is 1. The molecule has 0 heterocycles. The standard InChI is InChI=1S/C9H13NO.ClH/c10-9(6-7-11)8-4-2-1-3-5-8;/h1-5,9,11H,6-7,10H2;1H. The Morgan fingerprint density at radius 3 is 2.33 bits per heavy atom. The normalized spacial score (nSPS) is 11.8. The second-order valence-electron chi connectivity index (χ2n) is 2.53. The highest BCUT2D eigenvalue weighted by Gasteiger charge is 2.02. The molecule has 68 valence electrons. The van der Waals surface area contributed by atoms with Gasteiger partial charge >= 0.3 is 0 Å². The lowest BCUT2D eigenvalue weighted by atomic mass is 10.1. The minimum Gasteiger partial charge on any atom is -0.396 e. The number of nitrogens with two attached hydrogens (primary N) is 1. The summed E-state index contributed by atoms with van der Waals surface area (Å²) < 4.78 is 0. The molecule has 1 unspecified atom stereocenters. The molecular weight excluding hydrogens is 174 g/mol. The van der Waals surface area contributed by atoms with Crippen LogP contribution in [-0.2, 0) is 0 Å². The van der Waals surface area contributed by atoms with Crippen molar-refractivity contribution in [2.75, 3.05) is 6.61 Å². The van der Waals surface area contributed by atoms with Crippen LogP contribution in [0.2, 0.25) is 0 Å². The van der Waals surface area contributed by atoms with Crippen molar-refractivity contribution >= 4 is 12.4 Å². The van der Waals surface area contributed by atoms with Gasteiger partial charge in [-0.3, -0.25) is 0 Å².